The Balaban J connectivity index is 3.42. The van der Waals surface area contributed by atoms with Gasteiger partial charge >= 0.3 is 0 Å². The molecule has 0 saturated carbocycles. The van der Waals surface area contributed by atoms with E-state index in [0.717, 1.165) is 5.56 Å². The summed E-state index contributed by atoms with van der Waals surface area (Å²) in [4.78, 5) is 25.9. The quantitative estimate of drug-likeness (QED) is 0.763. The molecule has 0 aromatic carbocycles. The number of carbonyl (C=O) groups excluding carboxylic acids is 2. The van der Waals surface area contributed by atoms with E-state index < -0.39 is 11.8 Å². The molecule has 16 heavy (non-hydrogen) atoms. The second-order valence-corrected chi connectivity index (χ2v) is 4.60. The Hall–Kier alpha value is -1.91. The summed E-state index contributed by atoms with van der Waals surface area (Å²) in [7, 11) is 0. The molecule has 0 aliphatic rings. The Bertz CT molecular complexity index is 415. The number of rotatable bonds is 2. The molecule has 0 saturated heterocycles. The van der Waals surface area contributed by atoms with Crippen LogP contribution in [0.3, 0.4) is 0 Å². The molecule has 4 N–H and O–H groups in total. The van der Waals surface area contributed by atoms with Crippen LogP contribution in [0.4, 0.5) is 0 Å². The van der Waals surface area contributed by atoms with Gasteiger partial charge in [-0.3, -0.25) is 9.59 Å². The highest BCUT2D eigenvalue weighted by molar-refractivity contribution is 5.95. The molecule has 0 bridgehead atoms. The number of hydrogen-bond donors (Lipinski definition) is 2. The first-order chi connectivity index (χ1) is 7.21. The highest BCUT2D eigenvalue weighted by Crippen LogP contribution is 2.23. The first kappa shape index (κ1) is 12.2. The van der Waals surface area contributed by atoms with E-state index in [1.165, 1.54) is 0 Å². The third-order valence-electron chi connectivity index (χ3n) is 2.20. The standard InChI is InChI=1S/C11H15N3O2/c1-11(2,3)6-4-7(9(12)15)14-8(5-6)10(13)16/h4-5H,1-3H3,(H2,12,15)(H2,13,16). The maximum absolute atomic E-state index is 11.1. The fourth-order valence-corrected chi connectivity index (χ4v) is 1.22. The van der Waals surface area contributed by atoms with E-state index >= 15 is 0 Å². The number of pyridine rings is 1. The lowest BCUT2D eigenvalue weighted by Crippen LogP contribution is -2.22. The molecule has 5 heteroatoms. The van der Waals surface area contributed by atoms with Gasteiger partial charge in [0.1, 0.15) is 11.4 Å². The second-order valence-electron chi connectivity index (χ2n) is 4.60. The van der Waals surface area contributed by atoms with Crippen molar-refractivity contribution in [1.82, 2.24) is 4.98 Å². The average Bonchev–Trinajstić information content (AvgIpc) is 2.15. The molecule has 0 atom stereocenters. The van der Waals surface area contributed by atoms with Gasteiger partial charge in [0.15, 0.2) is 0 Å². The Kier molecular flexibility index (Phi) is 2.98. The fraction of sp³-hybridized carbons (Fsp3) is 0.364. The van der Waals surface area contributed by atoms with Crippen molar-refractivity contribution in [2.75, 3.05) is 0 Å². The van der Waals surface area contributed by atoms with Crippen LogP contribution in [0.2, 0.25) is 0 Å². The second kappa shape index (κ2) is 3.92. The van der Waals surface area contributed by atoms with Crippen molar-refractivity contribution in [3.8, 4) is 0 Å². The van der Waals surface area contributed by atoms with Crippen LogP contribution in [0.1, 0.15) is 47.3 Å². The monoisotopic (exact) mass is 221 g/mol. The normalized spacial score (nSPS) is 11.2. The third kappa shape index (κ3) is 2.56. The van der Waals surface area contributed by atoms with Crippen molar-refractivity contribution in [3.63, 3.8) is 0 Å². The van der Waals surface area contributed by atoms with Crippen LogP contribution in [0, 0.1) is 0 Å². The zero-order valence-electron chi connectivity index (χ0n) is 9.57. The molecule has 1 heterocycles. The number of nitrogens with two attached hydrogens (primary N) is 2. The van der Waals surface area contributed by atoms with Crippen molar-refractivity contribution in [3.05, 3.63) is 29.1 Å². The maximum atomic E-state index is 11.1. The van der Waals surface area contributed by atoms with Gasteiger partial charge in [0, 0.05) is 0 Å². The number of hydrogen-bond acceptors (Lipinski definition) is 3. The summed E-state index contributed by atoms with van der Waals surface area (Å²) in [5.74, 6) is -1.35. The fourth-order valence-electron chi connectivity index (χ4n) is 1.22. The van der Waals surface area contributed by atoms with Crippen molar-refractivity contribution in [2.24, 2.45) is 11.5 Å². The van der Waals surface area contributed by atoms with Crippen LogP contribution in [-0.4, -0.2) is 16.8 Å². The molecule has 0 unspecified atom stereocenters. The lowest BCUT2D eigenvalue weighted by atomic mass is 9.86. The van der Waals surface area contributed by atoms with Crippen molar-refractivity contribution in [2.45, 2.75) is 26.2 Å². The Morgan fingerprint density at radius 1 is 1.06 bits per heavy atom. The number of aromatic nitrogens is 1. The van der Waals surface area contributed by atoms with E-state index in [-0.39, 0.29) is 16.8 Å². The van der Waals surface area contributed by atoms with Gasteiger partial charge in [-0.05, 0) is 23.1 Å². The van der Waals surface area contributed by atoms with Gasteiger partial charge < -0.3 is 11.5 Å². The van der Waals surface area contributed by atoms with Gasteiger partial charge in [-0.1, -0.05) is 20.8 Å². The minimum atomic E-state index is -0.673. The molecule has 0 aliphatic carbocycles. The summed E-state index contributed by atoms with van der Waals surface area (Å²) in [6.45, 7) is 5.87. The number of amides is 2. The van der Waals surface area contributed by atoms with Gasteiger partial charge in [-0.2, -0.15) is 0 Å². The predicted molar refractivity (Wildman–Crippen MR) is 60.0 cm³/mol. The van der Waals surface area contributed by atoms with Gasteiger partial charge in [0.25, 0.3) is 11.8 Å². The Morgan fingerprint density at radius 3 is 1.69 bits per heavy atom. The van der Waals surface area contributed by atoms with Gasteiger partial charge in [-0.15, -0.1) is 0 Å². The summed E-state index contributed by atoms with van der Waals surface area (Å²) < 4.78 is 0. The first-order valence-electron chi connectivity index (χ1n) is 4.84. The molecule has 5 nitrogen and oxygen atoms in total. The van der Waals surface area contributed by atoms with Crippen LogP contribution in [0.15, 0.2) is 12.1 Å². The van der Waals surface area contributed by atoms with Gasteiger partial charge in [0.2, 0.25) is 0 Å². The number of carbonyl (C=O) groups is 2. The van der Waals surface area contributed by atoms with E-state index in [2.05, 4.69) is 4.98 Å². The predicted octanol–water partition coefficient (Wildman–Crippen LogP) is 0.577. The van der Waals surface area contributed by atoms with E-state index in [9.17, 15) is 9.59 Å². The Morgan fingerprint density at radius 2 is 1.44 bits per heavy atom. The highest BCUT2D eigenvalue weighted by atomic mass is 16.1. The topological polar surface area (TPSA) is 99.1 Å². The van der Waals surface area contributed by atoms with Gasteiger partial charge in [0.05, 0.1) is 0 Å². The zero-order chi connectivity index (χ0) is 12.5. The van der Waals surface area contributed by atoms with E-state index in [1.54, 1.807) is 12.1 Å². The maximum Gasteiger partial charge on any atom is 0.267 e. The zero-order valence-corrected chi connectivity index (χ0v) is 9.57. The molecule has 0 spiro atoms. The van der Waals surface area contributed by atoms with Crippen molar-refractivity contribution >= 4 is 11.8 Å². The molecular weight excluding hydrogens is 206 g/mol. The Labute approximate surface area is 93.8 Å². The summed E-state index contributed by atoms with van der Waals surface area (Å²) in [5, 5.41) is 0. The van der Waals surface area contributed by atoms with Crippen LogP contribution < -0.4 is 11.5 Å². The summed E-state index contributed by atoms with van der Waals surface area (Å²) >= 11 is 0. The molecule has 0 fully saturated rings. The van der Waals surface area contributed by atoms with E-state index in [1.807, 2.05) is 20.8 Å². The lowest BCUT2D eigenvalue weighted by molar-refractivity contribution is 0.0992. The first-order valence-corrected chi connectivity index (χ1v) is 4.84. The molecule has 1 aromatic rings. The minimum absolute atomic E-state index is 0.0567. The van der Waals surface area contributed by atoms with Crippen LogP contribution in [0.25, 0.3) is 0 Å². The van der Waals surface area contributed by atoms with Gasteiger partial charge in [-0.25, -0.2) is 4.98 Å². The van der Waals surface area contributed by atoms with Crippen LogP contribution in [0.5, 0.6) is 0 Å². The number of nitrogens with zero attached hydrogens (tertiary/aromatic N) is 1. The molecule has 86 valence electrons. The summed E-state index contributed by atoms with van der Waals surface area (Å²) in [6.07, 6.45) is 0. The SMILES string of the molecule is CC(C)(C)c1cc(C(N)=O)nc(C(N)=O)c1. The molecular formula is C11H15N3O2. The van der Waals surface area contributed by atoms with Crippen LogP contribution >= 0.6 is 0 Å². The lowest BCUT2D eigenvalue weighted by Gasteiger charge is -2.19. The molecule has 0 aliphatic heterocycles. The summed E-state index contributed by atoms with van der Waals surface area (Å²) in [6, 6.07) is 3.16. The highest BCUT2D eigenvalue weighted by Gasteiger charge is 2.19. The van der Waals surface area contributed by atoms with E-state index in [4.69, 9.17) is 11.5 Å². The smallest absolute Gasteiger partial charge is 0.267 e. The molecule has 1 rings (SSSR count). The third-order valence-corrected chi connectivity index (χ3v) is 2.20. The van der Waals surface area contributed by atoms with E-state index in [0.29, 0.717) is 0 Å². The average molecular weight is 221 g/mol. The molecule has 2 amide bonds. The summed E-state index contributed by atoms with van der Waals surface area (Å²) in [5.41, 5.74) is 11.0. The molecule has 1 aromatic heterocycles. The van der Waals surface area contributed by atoms with Crippen molar-refractivity contribution in [1.29, 1.82) is 0 Å². The number of primary amides is 2. The van der Waals surface area contributed by atoms with Crippen molar-refractivity contribution < 1.29 is 9.59 Å². The molecule has 0 radical (unpaired) electrons. The minimum Gasteiger partial charge on any atom is -0.364 e. The largest absolute Gasteiger partial charge is 0.364 e. The van der Waals surface area contributed by atoms with Crippen LogP contribution in [-0.2, 0) is 5.41 Å².